The van der Waals surface area contributed by atoms with Crippen molar-refractivity contribution in [1.82, 2.24) is 5.32 Å². The largest absolute Gasteiger partial charge is 0.495 e. The quantitative estimate of drug-likeness (QED) is 0.452. The number of carbonyl (C=O) groups excluding carboxylic acids is 2. The van der Waals surface area contributed by atoms with Gasteiger partial charge in [-0.2, -0.15) is 0 Å². The summed E-state index contributed by atoms with van der Waals surface area (Å²) in [5.74, 6) is -1.02. The average Bonchev–Trinajstić information content (AvgIpc) is 2.80. The molecule has 170 valence electrons. The number of amides is 2. The van der Waals surface area contributed by atoms with E-state index < -0.39 is 24.0 Å². The highest BCUT2D eigenvalue weighted by Gasteiger charge is 2.22. The third-order valence-electron chi connectivity index (χ3n) is 4.64. The number of methoxy groups -OCH3 is 1. The molecule has 9 heteroatoms. The maximum atomic E-state index is 12.4. The lowest BCUT2D eigenvalue weighted by atomic mass is 10.1. The van der Waals surface area contributed by atoms with Crippen LogP contribution in [0.15, 0.2) is 72.8 Å². The molecule has 2 amide bonds. The van der Waals surface area contributed by atoms with Crippen molar-refractivity contribution < 1.29 is 29.0 Å². The van der Waals surface area contributed by atoms with Crippen molar-refractivity contribution in [2.24, 2.45) is 0 Å². The molecule has 3 rings (SSSR count). The Morgan fingerprint density at radius 3 is 2.30 bits per heavy atom. The SMILES string of the molecule is COc1ccccc1NC(=O)Oc1ccc(C[C@H](NC(=O)c2ccccc2Cl)C(=O)O)cc1. The Hall–Kier alpha value is -4.04. The summed E-state index contributed by atoms with van der Waals surface area (Å²) in [6, 6.07) is 18.4. The fraction of sp³-hybridized carbons (Fsp3) is 0.125. The number of rotatable bonds is 8. The van der Waals surface area contributed by atoms with Crippen molar-refractivity contribution >= 4 is 35.3 Å². The van der Waals surface area contributed by atoms with E-state index in [1.165, 1.54) is 25.3 Å². The Labute approximate surface area is 195 Å². The van der Waals surface area contributed by atoms with Crippen LogP contribution in [0.4, 0.5) is 10.5 Å². The van der Waals surface area contributed by atoms with Crippen LogP contribution in [-0.2, 0) is 11.2 Å². The highest BCUT2D eigenvalue weighted by atomic mass is 35.5. The van der Waals surface area contributed by atoms with E-state index in [2.05, 4.69) is 10.6 Å². The van der Waals surface area contributed by atoms with Gasteiger partial charge >= 0.3 is 12.1 Å². The lowest BCUT2D eigenvalue weighted by Gasteiger charge is -2.15. The van der Waals surface area contributed by atoms with E-state index >= 15 is 0 Å². The molecule has 8 nitrogen and oxygen atoms in total. The number of carbonyl (C=O) groups is 3. The molecule has 0 heterocycles. The van der Waals surface area contributed by atoms with E-state index in [9.17, 15) is 19.5 Å². The van der Waals surface area contributed by atoms with Crippen molar-refractivity contribution in [3.05, 3.63) is 88.9 Å². The molecule has 0 aliphatic rings. The molecule has 0 saturated carbocycles. The Morgan fingerprint density at radius 1 is 0.970 bits per heavy atom. The van der Waals surface area contributed by atoms with Gasteiger partial charge < -0.3 is 19.9 Å². The molecule has 0 unspecified atom stereocenters. The first-order valence-electron chi connectivity index (χ1n) is 9.86. The zero-order valence-electron chi connectivity index (χ0n) is 17.6. The van der Waals surface area contributed by atoms with Crippen molar-refractivity contribution in [3.8, 4) is 11.5 Å². The normalized spacial score (nSPS) is 11.2. The Kier molecular flexibility index (Phi) is 7.88. The van der Waals surface area contributed by atoms with Crippen LogP contribution in [0.2, 0.25) is 5.02 Å². The summed E-state index contributed by atoms with van der Waals surface area (Å²) >= 11 is 6.01. The first-order valence-corrected chi connectivity index (χ1v) is 10.2. The number of ether oxygens (including phenoxy) is 2. The minimum atomic E-state index is -1.19. The van der Waals surface area contributed by atoms with Gasteiger partial charge in [0.15, 0.2) is 0 Å². The van der Waals surface area contributed by atoms with E-state index in [1.807, 2.05) is 0 Å². The molecule has 0 saturated heterocycles. The highest BCUT2D eigenvalue weighted by molar-refractivity contribution is 6.33. The predicted molar refractivity (Wildman–Crippen MR) is 123 cm³/mol. The standard InChI is InChI=1S/C24H21ClN2O6/c1-32-21-9-5-4-8-19(21)27-24(31)33-16-12-10-15(11-13-16)14-20(23(29)30)26-22(28)17-6-2-3-7-18(17)25/h2-13,20H,14H2,1H3,(H,26,28)(H,27,31)(H,29,30)/t20-/m0/s1. The van der Waals surface area contributed by atoms with E-state index in [4.69, 9.17) is 21.1 Å². The highest BCUT2D eigenvalue weighted by Crippen LogP contribution is 2.23. The smallest absolute Gasteiger partial charge is 0.417 e. The molecule has 3 aromatic carbocycles. The summed E-state index contributed by atoms with van der Waals surface area (Å²) < 4.78 is 10.4. The van der Waals surface area contributed by atoms with Gasteiger partial charge in [0.05, 0.1) is 23.4 Å². The average molecular weight is 469 g/mol. The van der Waals surface area contributed by atoms with E-state index in [0.717, 1.165) is 0 Å². The molecule has 0 radical (unpaired) electrons. The molecule has 0 bridgehead atoms. The number of hydrogen-bond donors (Lipinski definition) is 3. The topological polar surface area (TPSA) is 114 Å². The number of aliphatic carboxylic acids is 1. The van der Waals surface area contributed by atoms with Crippen molar-refractivity contribution in [3.63, 3.8) is 0 Å². The number of nitrogens with one attached hydrogen (secondary N) is 2. The van der Waals surface area contributed by atoms with Crippen molar-refractivity contribution in [1.29, 1.82) is 0 Å². The minimum Gasteiger partial charge on any atom is -0.495 e. The Morgan fingerprint density at radius 2 is 1.64 bits per heavy atom. The Balaban J connectivity index is 1.61. The fourth-order valence-electron chi connectivity index (χ4n) is 3.00. The summed E-state index contributed by atoms with van der Waals surface area (Å²) in [5, 5.41) is 14.8. The van der Waals surface area contributed by atoms with Gasteiger partial charge in [0.25, 0.3) is 5.91 Å². The van der Waals surface area contributed by atoms with Crippen molar-refractivity contribution in [2.45, 2.75) is 12.5 Å². The molecule has 3 N–H and O–H groups in total. The van der Waals surface area contributed by atoms with E-state index in [1.54, 1.807) is 54.6 Å². The number of anilines is 1. The minimum absolute atomic E-state index is 0.0270. The lowest BCUT2D eigenvalue weighted by molar-refractivity contribution is -0.139. The van der Waals surface area contributed by atoms with Crippen LogP contribution in [0.1, 0.15) is 15.9 Å². The van der Waals surface area contributed by atoms with Crippen LogP contribution < -0.4 is 20.1 Å². The molecule has 0 fully saturated rings. The predicted octanol–water partition coefficient (Wildman–Crippen LogP) is 4.39. The van der Waals surface area contributed by atoms with Crippen LogP contribution in [0.3, 0.4) is 0 Å². The van der Waals surface area contributed by atoms with Crippen LogP contribution in [0, 0.1) is 0 Å². The molecule has 0 aliphatic heterocycles. The summed E-state index contributed by atoms with van der Waals surface area (Å²) in [6.07, 6.45) is -0.679. The third-order valence-corrected chi connectivity index (χ3v) is 4.97. The summed E-state index contributed by atoms with van der Waals surface area (Å²) in [7, 11) is 1.49. The Bertz CT molecular complexity index is 1150. The zero-order valence-corrected chi connectivity index (χ0v) is 18.3. The van der Waals surface area contributed by atoms with Gasteiger partial charge in [0, 0.05) is 6.42 Å². The van der Waals surface area contributed by atoms with Gasteiger partial charge in [0.1, 0.15) is 17.5 Å². The number of benzene rings is 3. The van der Waals surface area contributed by atoms with Gasteiger partial charge in [-0.3, -0.25) is 10.1 Å². The molecular weight excluding hydrogens is 448 g/mol. The molecule has 0 spiro atoms. The second-order valence-electron chi connectivity index (χ2n) is 6.91. The van der Waals surface area contributed by atoms with E-state index in [-0.39, 0.29) is 22.8 Å². The maximum absolute atomic E-state index is 12.4. The molecule has 3 aromatic rings. The molecule has 1 atom stereocenters. The summed E-state index contributed by atoms with van der Waals surface area (Å²) in [5.41, 5.74) is 1.27. The van der Waals surface area contributed by atoms with Crippen LogP contribution >= 0.6 is 11.6 Å². The summed E-state index contributed by atoms with van der Waals surface area (Å²) in [6.45, 7) is 0. The van der Waals surface area contributed by atoms with Crippen molar-refractivity contribution in [2.75, 3.05) is 12.4 Å². The van der Waals surface area contributed by atoms with Gasteiger partial charge in [-0.25, -0.2) is 9.59 Å². The number of halogens is 1. The van der Waals surface area contributed by atoms with Gasteiger partial charge in [0.2, 0.25) is 0 Å². The molecular formula is C24H21ClN2O6. The zero-order chi connectivity index (χ0) is 23.8. The first kappa shape index (κ1) is 23.6. The summed E-state index contributed by atoms with van der Waals surface area (Å²) in [4.78, 5) is 36.2. The second kappa shape index (κ2) is 11.0. The number of carboxylic acids is 1. The van der Waals surface area contributed by atoms with Crippen LogP contribution in [0.25, 0.3) is 0 Å². The van der Waals surface area contributed by atoms with Crippen LogP contribution in [0.5, 0.6) is 11.5 Å². The van der Waals surface area contributed by atoms with Gasteiger partial charge in [-0.1, -0.05) is 48.0 Å². The molecule has 0 aromatic heterocycles. The monoisotopic (exact) mass is 468 g/mol. The first-order chi connectivity index (χ1) is 15.9. The number of carboxylic acid groups (broad SMARTS) is 1. The maximum Gasteiger partial charge on any atom is 0.417 e. The van der Waals surface area contributed by atoms with Crippen LogP contribution in [-0.4, -0.2) is 36.2 Å². The second-order valence-corrected chi connectivity index (χ2v) is 7.31. The number of para-hydroxylation sites is 2. The lowest BCUT2D eigenvalue weighted by Crippen LogP contribution is -2.42. The fourth-order valence-corrected chi connectivity index (χ4v) is 3.22. The van der Waals surface area contributed by atoms with Gasteiger partial charge in [-0.05, 0) is 42.0 Å². The van der Waals surface area contributed by atoms with Gasteiger partial charge in [-0.15, -0.1) is 0 Å². The third kappa shape index (κ3) is 6.47. The number of hydrogen-bond acceptors (Lipinski definition) is 5. The molecule has 33 heavy (non-hydrogen) atoms. The van der Waals surface area contributed by atoms with E-state index in [0.29, 0.717) is 17.0 Å². The molecule has 0 aliphatic carbocycles.